The van der Waals surface area contributed by atoms with Crippen molar-refractivity contribution in [3.63, 3.8) is 0 Å². The summed E-state index contributed by atoms with van der Waals surface area (Å²) in [6.45, 7) is 6.25. The first-order chi connectivity index (χ1) is 20.7. The Kier molecular flexibility index (Phi) is 12.3. The van der Waals surface area contributed by atoms with Crippen LogP contribution in [-0.2, 0) is 10.9 Å². The summed E-state index contributed by atoms with van der Waals surface area (Å²) in [4.78, 5) is 32.0. The normalized spacial score (nSPS) is 21.0. The Labute approximate surface area is 257 Å². The topological polar surface area (TPSA) is 94.6 Å². The molecule has 0 fully saturated rings. The van der Waals surface area contributed by atoms with Crippen LogP contribution in [0.25, 0.3) is 0 Å². The number of hydrogen-bond acceptors (Lipinski definition) is 6. The molecule has 12 heteroatoms. The molecule has 44 heavy (non-hydrogen) atoms. The van der Waals surface area contributed by atoms with Gasteiger partial charge < -0.3 is 34.6 Å². The van der Waals surface area contributed by atoms with Gasteiger partial charge in [-0.25, -0.2) is 4.79 Å². The quantitative estimate of drug-likeness (QED) is 0.428. The van der Waals surface area contributed by atoms with Crippen LogP contribution < -0.4 is 15.0 Å². The Morgan fingerprint density at radius 3 is 2.41 bits per heavy atom. The summed E-state index contributed by atoms with van der Waals surface area (Å²) in [5.74, 6) is -0.0496. The van der Waals surface area contributed by atoms with Crippen molar-refractivity contribution >= 4 is 23.3 Å². The molecule has 1 heterocycles. The predicted molar refractivity (Wildman–Crippen MR) is 164 cm³/mol. The van der Waals surface area contributed by atoms with E-state index in [-0.39, 0.29) is 43.3 Å². The number of alkyl halides is 3. The monoisotopic (exact) mass is 622 g/mol. The number of fused-ring (bicyclic) bond motifs is 1. The van der Waals surface area contributed by atoms with E-state index in [9.17, 15) is 27.9 Å². The fourth-order valence-electron chi connectivity index (χ4n) is 4.97. The average molecular weight is 623 g/mol. The highest BCUT2D eigenvalue weighted by molar-refractivity contribution is 5.98. The van der Waals surface area contributed by atoms with Gasteiger partial charge in [0.15, 0.2) is 0 Å². The third-order valence-corrected chi connectivity index (χ3v) is 7.82. The third kappa shape index (κ3) is 9.49. The van der Waals surface area contributed by atoms with Crippen LogP contribution in [0.4, 0.5) is 29.3 Å². The fourth-order valence-corrected chi connectivity index (χ4v) is 4.97. The Hall–Kier alpha value is -3.51. The molecule has 0 aliphatic carbocycles. The third-order valence-electron chi connectivity index (χ3n) is 7.82. The van der Waals surface area contributed by atoms with Crippen molar-refractivity contribution < 1.29 is 37.3 Å². The summed E-state index contributed by atoms with van der Waals surface area (Å²) < 4.78 is 51.3. The van der Waals surface area contributed by atoms with Crippen LogP contribution in [0.2, 0.25) is 0 Å². The number of carbonyl (C=O) groups excluding carboxylic acids is 2. The largest absolute Gasteiger partial charge is 0.490 e. The first-order valence-electron chi connectivity index (χ1n) is 14.9. The number of likely N-dealkylation sites (N-methyl/N-ethyl adjacent to an activating group) is 1. The number of aliphatic hydroxyl groups excluding tert-OH is 1. The number of rotatable bonds is 6. The van der Waals surface area contributed by atoms with Crippen LogP contribution in [0.3, 0.4) is 0 Å². The highest BCUT2D eigenvalue weighted by Crippen LogP contribution is 2.31. The van der Waals surface area contributed by atoms with E-state index in [2.05, 4.69) is 5.32 Å². The minimum atomic E-state index is -4.47. The van der Waals surface area contributed by atoms with Crippen molar-refractivity contribution in [2.24, 2.45) is 5.92 Å². The molecular formula is C32H45F3N4O5. The first kappa shape index (κ1) is 35.0. The molecule has 0 saturated carbocycles. The number of benzene rings is 2. The summed E-state index contributed by atoms with van der Waals surface area (Å²) in [5.41, 5.74) is 0.665. The lowest BCUT2D eigenvalue weighted by molar-refractivity contribution is -0.137. The van der Waals surface area contributed by atoms with E-state index in [0.29, 0.717) is 17.9 Å². The summed E-state index contributed by atoms with van der Waals surface area (Å²) in [7, 11) is 5.36. The van der Waals surface area contributed by atoms with Gasteiger partial charge in [0.2, 0.25) is 0 Å². The molecule has 2 N–H and O–H groups in total. The second kappa shape index (κ2) is 15.5. The highest BCUT2D eigenvalue weighted by Gasteiger charge is 2.32. The van der Waals surface area contributed by atoms with Crippen molar-refractivity contribution in [1.82, 2.24) is 9.80 Å². The van der Waals surface area contributed by atoms with Crippen molar-refractivity contribution in [1.29, 1.82) is 0 Å². The minimum Gasteiger partial charge on any atom is -0.490 e. The summed E-state index contributed by atoms with van der Waals surface area (Å²) in [6, 6.07) is 8.74. The van der Waals surface area contributed by atoms with Gasteiger partial charge in [0.1, 0.15) is 5.75 Å². The molecule has 3 amide bonds. The molecule has 4 atom stereocenters. The second-order valence-electron chi connectivity index (χ2n) is 11.8. The molecular weight excluding hydrogens is 577 g/mol. The molecule has 2 aromatic rings. The number of ether oxygens (including phenoxy) is 2. The van der Waals surface area contributed by atoms with Crippen molar-refractivity contribution in [2.45, 2.75) is 64.5 Å². The van der Waals surface area contributed by atoms with Gasteiger partial charge in [-0.1, -0.05) is 6.92 Å². The fraction of sp³-hybridized carbons (Fsp3) is 0.562. The number of hydrogen-bond donors (Lipinski definition) is 2. The molecule has 1 aliphatic rings. The van der Waals surface area contributed by atoms with Gasteiger partial charge in [0, 0.05) is 58.1 Å². The number of nitrogens with zero attached hydrogens (tertiary/aromatic N) is 3. The maximum absolute atomic E-state index is 14.1. The zero-order valence-corrected chi connectivity index (χ0v) is 26.4. The van der Waals surface area contributed by atoms with Gasteiger partial charge in [0.05, 0.1) is 36.0 Å². The maximum Gasteiger partial charge on any atom is 0.416 e. The van der Waals surface area contributed by atoms with Gasteiger partial charge in [-0.2, -0.15) is 13.2 Å². The standard InChI is InChI=1S/C32H45F3N4O5/c1-21-18-39(22(2)20-40)30(41)27-17-26(37(4)5)14-15-28(27)44-23(3)9-7-8-16-43-29(21)19-38(6)31(42)36-25-12-10-24(11-13-25)32(33,34)35/h10-15,17,21-23,29,40H,7-9,16,18-20H2,1-6H3,(H,36,42)/t21-,22+,23-,29+/m1/s1. The van der Waals surface area contributed by atoms with E-state index in [4.69, 9.17) is 9.47 Å². The van der Waals surface area contributed by atoms with Crippen LogP contribution in [0.1, 0.15) is 56.0 Å². The lowest BCUT2D eigenvalue weighted by Crippen LogP contribution is -2.48. The molecule has 0 bridgehead atoms. The Bertz CT molecular complexity index is 1240. The van der Waals surface area contributed by atoms with E-state index in [0.717, 1.165) is 37.1 Å². The summed E-state index contributed by atoms with van der Waals surface area (Å²) >= 11 is 0. The summed E-state index contributed by atoms with van der Waals surface area (Å²) in [6.07, 6.45) is -2.74. The number of aliphatic hydroxyl groups is 1. The van der Waals surface area contributed by atoms with Crippen LogP contribution in [0.15, 0.2) is 42.5 Å². The van der Waals surface area contributed by atoms with Gasteiger partial charge in [-0.3, -0.25) is 4.79 Å². The number of nitrogens with one attached hydrogen (secondary N) is 1. The number of amides is 3. The second-order valence-corrected chi connectivity index (χ2v) is 11.8. The van der Waals surface area contributed by atoms with Crippen LogP contribution in [-0.4, -0.2) is 92.5 Å². The Morgan fingerprint density at radius 2 is 1.80 bits per heavy atom. The van der Waals surface area contributed by atoms with E-state index in [1.807, 2.05) is 45.0 Å². The Balaban J connectivity index is 1.84. The van der Waals surface area contributed by atoms with E-state index < -0.39 is 29.9 Å². The maximum atomic E-state index is 14.1. The van der Waals surface area contributed by atoms with Crippen molar-refractivity contribution in [3.05, 3.63) is 53.6 Å². The lowest BCUT2D eigenvalue weighted by atomic mass is 10.0. The van der Waals surface area contributed by atoms with Crippen LogP contribution >= 0.6 is 0 Å². The van der Waals surface area contributed by atoms with Gasteiger partial charge in [-0.05, 0) is 75.6 Å². The van der Waals surface area contributed by atoms with Gasteiger partial charge in [0.25, 0.3) is 5.91 Å². The summed E-state index contributed by atoms with van der Waals surface area (Å²) in [5, 5.41) is 12.7. The average Bonchev–Trinajstić information content (AvgIpc) is 2.97. The Morgan fingerprint density at radius 1 is 1.11 bits per heavy atom. The highest BCUT2D eigenvalue weighted by atomic mass is 19.4. The molecule has 0 spiro atoms. The molecule has 244 valence electrons. The van der Waals surface area contributed by atoms with Crippen molar-refractivity contribution in [2.75, 3.05) is 57.7 Å². The predicted octanol–water partition coefficient (Wildman–Crippen LogP) is 5.73. The number of urea groups is 1. The molecule has 0 unspecified atom stereocenters. The molecule has 9 nitrogen and oxygen atoms in total. The van der Waals surface area contributed by atoms with Crippen LogP contribution in [0.5, 0.6) is 5.75 Å². The minimum absolute atomic E-state index is 0.145. The zero-order chi connectivity index (χ0) is 32.6. The number of anilines is 2. The SMILES string of the molecule is C[C@@H]1CCCCO[C@@H](CN(C)C(=O)Nc2ccc(C(F)(F)F)cc2)[C@H](C)CN([C@@H](C)CO)C(=O)c2cc(N(C)C)ccc2O1. The molecule has 0 saturated heterocycles. The molecule has 0 aromatic heterocycles. The molecule has 3 rings (SSSR count). The van der Waals surface area contributed by atoms with E-state index >= 15 is 0 Å². The molecule has 1 aliphatic heterocycles. The smallest absolute Gasteiger partial charge is 0.416 e. The number of halogens is 3. The van der Waals surface area contributed by atoms with Gasteiger partial charge in [-0.15, -0.1) is 0 Å². The van der Waals surface area contributed by atoms with Crippen molar-refractivity contribution in [3.8, 4) is 5.75 Å². The molecule has 2 aromatic carbocycles. The zero-order valence-electron chi connectivity index (χ0n) is 26.4. The van der Waals surface area contributed by atoms with E-state index in [1.165, 1.54) is 17.0 Å². The first-order valence-corrected chi connectivity index (χ1v) is 14.9. The van der Waals surface area contributed by atoms with Gasteiger partial charge >= 0.3 is 12.2 Å². The van der Waals surface area contributed by atoms with Crippen LogP contribution in [0, 0.1) is 5.92 Å². The lowest BCUT2D eigenvalue weighted by Gasteiger charge is -2.36. The number of carbonyl (C=O) groups is 2. The molecule has 0 radical (unpaired) electrons. The van der Waals surface area contributed by atoms with E-state index in [1.54, 1.807) is 24.9 Å².